The van der Waals surface area contributed by atoms with Crippen molar-refractivity contribution in [3.05, 3.63) is 17.8 Å². The molecule has 0 bridgehead atoms. The fourth-order valence-corrected chi connectivity index (χ4v) is 1.09. The predicted octanol–water partition coefficient (Wildman–Crippen LogP) is 1.86. The number of halogens is 1. The first-order chi connectivity index (χ1) is 5.92. The average Bonchev–Trinajstić information content (AvgIpc) is 2.60. The van der Waals surface area contributed by atoms with Crippen molar-refractivity contribution in [2.45, 2.75) is 38.0 Å². The molecule has 1 fully saturated rings. The van der Waals surface area contributed by atoms with E-state index in [-0.39, 0.29) is 11.6 Å². The van der Waals surface area contributed by atoms with Crippen molar-refractivity contribution in [3.8, 4) is 0 Å². The van der Waals surface area contributed by atoms with Crippen LogP contribution >= 0.6 is 0 Å². The fraction of sp³-hybridized carbons (Fsp3) is 0.667. The van der Waals surface area contributed by atoms with Gasteiger partial charge in [-0.05, 0) is 26.7 Å². The third kappa shape index (κ3) is 1.46. The second-order valence-corrected chi connectivity index (χ2v) is 4.04. The average molecular weight is 185 g/mol. The van der Waals surface area contributed by atoms with E-state index in [1.165, 1.54) is 20.1 Å². The first-order valence-electron chi connectivity index (χ1n) is 4.30. The third-order valence-corrected chi connectivity index (χ3v) is 2.23. The van der Waals surface area contributed by atoms with Crippen LogP contribution in [0.25, 0.3) is 0 Å². The Balaban J connectivity index is 2.29. The number of rotatable bonds is 2. The SMILES string of the molecule is CC(C)(F)c1coc(C2(O)CC2)n1. The highest BCUT2D eigenvalue weighted by Gasteiger charge is 2.47. The zero-order chi connectivity index (χ0) is 9.69. The predicted molar refractivity (Wildman–Crippen MR) is 43.8 cm³/mol. The van der Waals surface area contributed by atoms with Gasteiger partial charge in [0, 0.05) is 0 Å². The number of hydrogen-bond donors (Lipinski definition) is 1. The third-order valence-electron chi connectivity index (χ3n) is 2.23. The quantitative estimate of drug-likeness (QED) is 0.764. The molecular weight excluding hydrogens is 173 g/mol. The molecule has 2 rings (SSSR count). The van der Waals surface area contributed by atoms with Crippen molar-refractivity contribution in [1.82, 2.24) is 4.98 Å². The van der Waals surface area contributed by atoms with Gasteiger partial charge in [-0.1, -0.05) is 0 Å². The largest absolute Gasteiger partial charge is 0.446 e. The number of oxazole rings is 1. The maximum absolute atomic E-state index is 13.3. The van der Waals surface area contributed by atoms with Gasteiger partial charge in [0.05, 0.1) is 0 Å². The summed E-state index contributed by atoms with van der Waals surface area (Å²) in [5, 5.41) is 9.60. The molecular formula is C9H12FNO2. The van der Waals surface area contributed by atoms with Crippen LogP contribution in [0.5, 0.6) is 0 Å². The molecule has 72 valence electrons. The van der Waals surface area contributed by atoms with Crippen LogP contribution in [0.4, 0.5) is 4.39 Å². The van der Waals surface area contributed by atoms with Gasteiger partial charge in [0.2, 0.25) is 5.89 Å². The minimum atomic E-state index is -1.51. The lowest BCUT2D eigenvalue weighted by Gasteiger charge is -2.08. The van der Waals surface area contributed by atoms with Crippen LogP contribution in [0.2, 0.25) is 0 Å². The Morgan fingerprint density at radius 2 is 2.23 bits per heavy atom. The Bertz CT molecular complexity index is 303. The van der Waals surface area contributed by atoms with E-state index in [1.807, 2.05) is 0 Å². The van der Waals surface area contributed by atoms with E-state index in [9.17, 15) is 9.50 Å². The summed E-state index contributed by atoms with van der Waals surface area (Å²) in [4.78, 5) is 3.92. The molecule has 1 N–H and O–H groups in total. The van der Waals surface area contributed by atoms with Gasteiger partial charge in [-0.15, -0.1) is 0 Å². The molecule has 0 radical (unpaired) electrons. The van der Waals surface area contributed by atoms with Gasteiger partial charge in [-0.25, -0.2) is 9.37 Å². The molecule has 1 saturated carbocycles. The molecule has 3 nitrogen and oxygen atoms in total. The number of alkyl halides is 1. The van der Waals surface area contributed by atoms with Crippen molar-refractivity contribution < 1.29 is 13.9 Å². The van der Waals surface area contributed by atoms with Crippen LogP contribution in [0, 0.1) is 0 Å². The standard InChI is InChI=1S/C9H12FNO2/c1-8(2,10)6-5-13-7(11-6)9(12)3-4-9/h5,12H,3-4H2,1-2H3. The monoisotopic (exact) mass is 185 g/mol. The van der Waals surface area contributed by atoms with E-state index in [4.69, 9.17) is 4.42 Å². The highest BCUT2D eigenvalue weighted by molar-refractivity contribution is 5.14. The van der Waals surface area contributed by atoms with E-state index in [0.29, 0.717) is 12.8 Å². The van der Waals surface area contributed by atoms with E-state index in [0.717, 1.165) is 0 Å². The van der Waals surface area contributed by atoms with Crippen LogP contribution in [0.1, 0.15) is 38.3 Å². The zero-order valence-corrected chi connectivity index (χ0v) is 7.67. The minimum absolute atomic E-state index is 0.239. The molecule has 1 aromatic heterocycles. The van der Waals surface area contributed by atoms with Crippen LogP contribution in [-0.4, -0.2) is 10.1 Å². The lowest BCUT2D eigenvalue weighted by Crippen LogP contribution is -2.11. The smallest absolute Gasteiger partial charge is 0.226 e. The summed E-state index contributed by atoms with van der Waals surface area (Å²) in [5.41, 5.74) is -2.18. The minimum Gasteiger partial charge on any atom is -0.446 e. The van der Waals surface area contributed by atoms with E-state index >= 15 is 0 Å². The summed E-state index contributed by atoms with van der Waals surface area (Å²) in [5.74, 6) is 0.244. The highest BCUT2D eigenvalue weighted by atomic mass is 19.1. The van der Waals surface area contributed by atoms with Crippen molar-refractivity contribution in [3.63, 3.8) is 0 Å². The Morgan fingerprint density at radius 3 is 2.62 bits per heavy atom. The summed E-state index contributed by atoms with van der Waals surface area (Å²) in [6.45, 7) is 2.82. The molecule has 0 unspecified atom stereocenters. The molecule has 1 heterocycles. The molecule has 1 aliphatic rings. The normalized spacial score (nSPS) is 20.3. The fourth-order valence-electron chi connectivity index (χ4n) is 1.09. The van der Waals surface area contributed by atoms with Crippen LogP contribution < -0.4 is 0 Å². The first kappa shape index (κ1) is 8.69. The molecule has 1 aromatic rings. The molecule has 13 heavy (non-hydrogen) atoms. The molecule has 0 aliphatic heterocycles. The van der Waals surface area contributed by atoms with Crippen molar-refractivity contribution in [1.29, 1.82) is 0 Å². The molecule has 0 aromatic carbocycles. The molecule has 0 atom stereocenters. The topological polar surface area (TPSA) is 46.3 Å². The lowest BCUT2D eigenvalue weighted by molar-refractivity contribution is 0.117. The lowest BCUT2D eigenvalue weighted by atomic mass is 10.1. The number of hydrogen-bond acceptors (Lipinski definition) is 3. The maximum Gasteiger partial charge on any atom is 0.226 e. The van der Waals surface area contributed by atoms with Crippen molar-refractivity contribution in [2.75, 3.05) is 0 Å². The summed E-state index contributed by atoms with van der Waals surface area (Å²) in [7, 11) is 0. The van der Waals surface area contributed by atoms with E-state index in [2.05, 4.69) is 4.98 Å². The van der Waals surface area contributed by atoms with Crippen molar-refractivity contribution >= 4 is 0 Å². The Kier molecular flexibility index (Phi) is 1.55. The molecule has 1 aliphatic carbocycles. The van der Waals surface area contributed by atoms with E-state index < -0.39 is 11.3 Å². The zero-order valence-electron chi connectivity index (χ0n) is 7.67. The molecule has 0 spiro atoms. The van der Waals surface area contributed by atoms with Gasteiger partial charge in [0.1, 0.15) is 23.2 Å². The number of aromatic nitrogens is 1. The van der Waals surface area contributed by atoms with Crippen LogP contribution in [-0.2, 0) is 11.3 Å². The number of aliphatic hydroxyl groups is 1. The highest BCUT2D eigenvalue weighted by Crippen LogP contribution is 2.45. The van der Waals surface area contributed by atoms with Gasteiger partial charge in [-0.3, -0.25) is 0 Å². The van der Waals surface area contributed by atoms with Crippen LogP contribution in [0.3, 0.4) is 0 Å². The van der Waals surface area contributed by atoms with Gasteiger partial charge in [-0.2, -0.15) is 0 Å². The Hall–Kier alpha value is -0.900. The molecule has 4 heteroatoms. The number of nitrogens with zero attached hydrogens (tertiary/aromatic N) is 1. The first-order valence-corrected chi connectivity index (χ1v) is 4.30. The second kappa shape index (κ2) is 2.32. The van der Waals surface area contributed by atoms with Crippen molar-refractivity contribution in [2.24, 2.45) is 0 Å². The molecule has 0 amide bonds. The Morgan fingerprint density at radius 1 is 1.62 bits per heavy atom. The maximum atomic E-state index is 13.3. The van der Waals surface area contributed by atoms with E-state index in [1.54, 1.807) is 0 Å². The summed E-state index contributed by atoms with van der Waals surface area (Å²) >= 11 is 0. The summed E-state index contributed by atoms with van der Waals surface area (Å²) in [6.07, 6.45) is 2.57. The van der Waals surface area contributed by atoms with Gasteiger partial charge in [0.25, 0.3) is 0 Å². The summed E-state index contributed by atoms with van der Waals surface area (Å²) in [6, 6.07) is 0. The van der Waals surface area contributed by atoms with Gasteiger partial charge < -0.3 is 9.52 Å². The van der Waals surface area contributed by atoms with Crippen LogP contribution in [0.15, 0.2) is 10.7 Å². The van der Waals surface area contributed by atoms with Gasteiger partial charge in [0.15, 0.2) is 0 Å². The van der Waals surface area contributed by atoms with Gasteiger partial charge >= 0.3 is 0 Å². The summed E-state index contributed by atoms with van der Waals surface area (Å²) < 4.78 is 18.4. The Labute approximate surface area is 75.6 Å². The second-order valence-electron chi connectivity index (χ2n) is 4.04. The molecule has 0 saturated heterocycles.